The van der Waals surface area contributed by atoms with E-state index in [4.69, 9.17) is 4.74 Å². The van der Waals surface area contributed by atoms with Crippen LogP contribution >= 0.6 is 0 Å². The molecule has 4 nitrogen and oxygen atoms in total. The van der Waals surface area contributed by atoms with Crippen molar-refractivity contribution in [2.24, 2.45) is 0 Å². The van der Waals surface area contributed by atoms with E-state index in [0.29, 0.717) is 16.5 Å². The predicted molar refractivity (Wildman–Crippen MR) is 76.0 cm³/mol. The van der Waals surface area contributed by atoms with E-state index in [-0.39, 0.29) is 11.3 Å². The van der Waals surface area contributed by atoms with Gasteiger partial charge >= 0.3 is 5.97 Å². The number of carbonyl (C=O) groups excluding carboxylic acids is 1. The molecule has 0 amide bonds. The number of carbonyl (C=O) groups is 1. The third-order valence-electron chi connectivity index (χ3n) is 2.92. The maximum absolute atomic E-state index is 12.2. The van der Waals surface area contributed by atoms with Crippen molar-refractivity contribution in [2.75, 3.05) is 0 Å². The molecule has 1 aromatic heterocycles. The molecule has 0 radical (unpaired) electrons. The van der Waals surface area contributed by atoms with Crippen molar-refractivity contribution in [3.05, 3.63) is 76.7 Å². The lowest BCUT2D eigenvalue weighted by Crippen LogP contribution is -2.17. The number of nitrogens with one attached hydrogen (secondary N) is 1. The van der Waals surface area contributed by atoms with Gasteiger partial charge in [0.1, 0.15) is 11.4 Å². The van der Waals surface area contributed by atoms with Crippen LogP contribution in [0.2, 0.25) is 0 Å². The topological polar surface area (TPSA) is 59.2 Å². The zero-order valence-electron chi connectivity index (χ0n) is 10.5. The molecule has 0 atom stereocenters. The fourth-order valence-electron chi connectivity index (χ4n) is 2.03. The second kappa shape index (κ2) is 5.01. The van der Waals surface area contributed by atoms with Crippen LogP contribution in [0.5, 0.6) is 5.75 Å². The molecule has 3 aromatic rings. The van der Waals surface area contributed by atoms with Gasteiger partial charge in [-0.25, -0.2) is 4.79 Å². The van der Waals surface area contributed by atoms with Crippen molar-refractivity contribution >= 4 is 16.7 Å². The molecular weight excluding hydrogens is 254 g/mol. The van der Waals surface area contributed by atoms with Crippen molar-refractivity contribution in [3.63, 3.8) is 0 Å². The quantitative estimate of drug-likeness (QED) is 0.572. The molecule has 20 heavy (non-hydrogen) atoms. The van der Waals surface area contributed by atoms with Gasteiger partial charge < -0.3 is 9.72 Å². The highest BCUT2D eigenvalue weighted by Gasteiger charge is 2.13. The smallest absolute Gasteiger partial charge is 0.360 e. The fraction of sp³-hybridized carbons (Fsp3) is 0. The van der Waals surface area contributed by atoms with Crippen molar-refractivity contribution in [3.8, 4) is 5.75 Å². The highest BCUT2D eigenvalue weighted by Crippen LogP contribution is 2.17. The lowest BCUT2D eigenvalue weighted by atomic mass is 10.1. The van der Waals surface area contributed by atoms with Crippen LogP contribution in [-0.2, 0) is 0 Å². The number of pyridine rings is 1. The van der Waals surface area contributed by atoms with Gasteiger partial charge in [-0.2, -0.15) is 0 Å². The first kappa shape index (κ1) is 12.2. The molecule has 0 spiro atoms. The fourth-order valence-corrected chi connectivity index (χ4v) is 2.03. The van der Waals surface area contributed by atoms with Gasteiger partial charge in [0.05, 0.1) is 0 Å². The Labute approximate surface area is 114 Å². The third kappa shape index (κ3) is 2.31. The first-order valence-corrected chi connectivity index (χ1v) is 6.13. The molecule has 0 bridgehead atoms. The molecule has 2 aromatic carbocycles. The molecule has 1 heterocycles. The van der Waals surface area contributed by atoms with Gasteiger partial charge in [-0.15, -0.1) is 0 Å². The molecular formula is C16H11NO3. The van der Waals surface area contributed by atoms with Gasteiger partial charge in [-0.1, -0.05) is 42.5 Å². The molecule has 1 N–H and O–H groups in total. The second-order valence-corrected chi connectivity index (χ2v) is 4.30. The molecule has 0 unspecified atom stereocenters. The standard InChI is InChI=1S/C16H11NO3/c18-14-10-11-6-4-5-9-13(11)15(17-14)16(19)20-12-7-2-1-3-8-12/h1-10H,(H,17,18). The van der Waals surface area contributed by atoms with E-state index in [9.17, 15) is 9.59 Å². The first-order chi connectivity index (χ1) is 9.74. The molecule has 3 rings (SSSR count). The number of esters is 1. The highest BCUT2D eigenvalue weighted by atomic mass is 16.5. The number of rotatable bonds is 2. The number of aromatic nitrogens is 1. The number of para-hydroxylation sites is 1. The van der Waals surface area contributed by atoms with Gasteiger partial charge in [0, 0.05) is 11.5 Å². The molecule has 0 aliphatic carbocycles. The second-order valence-electron chi connectivity index (χ2n) is 4.30. The third-order valence-corrected chi connectivity index (χ3v) is 2.92. The van der Waals surface area contributed by atoms with E-state index in [0.717, 1.165) is 0 Å². The van der Waals surface area contributed by atoms with Crippen molar-refractivity contribution < 1.29 is 9.53 Å². The molecule has 0 saturated heterocycles. The Morgan fingerprint density at radius 2 is 1.65 bits per heavy atom. The van der Waals surface area contributed by atoms with E-state index < -0.39 is 5.97 Å². The maximum Gasteiger partial charge on any atom is 0.360 e. The summed E-state index contributed by atoms with van der Waals surface area (Å²) < 4.78 is 5.25. The zero-order chi connectivity index (χ0) is 13.9. The maximum atomic E-state index is 12.2. The molecule has 4 heteroatoms. The number of ether oxygens (including phenoxy) is 1. The van der Waals surface area contributed by atoms with Crippen molar-refractivity contribution in [1.82, 2.24) is 4.98 Å². The van der Waals surface area contributed by atoms with Gasteiger partial charge in [-0.3, -0.25) is 4.79 Å². The van der Waals surface area contributed by atoms with Crippen molar-refractivity contribution in [1.29, 1.82) is 0 Å². The van der Waals surface area contributed by atoms with Crippen LogP contribution in [0.25, 0.3) is 10.8 Å². The molecule has 0 saturated carbocycles. The van der Waals surface area contributed by atoms with Crippen LogP contribution in [0.3, 0.4) is 0 Å². The molecule has 0 aliphatic heterocycles. The summed E-state index contributed by atoms with van der Waals surface area (Å²) in [6.07, 6.45) is 0. The summed E-state index contributed by atoms with van der Waals surface area (Å²) in [5.41, 5.74) is -0.166. The first-order valence-electron chi connectivity index (χ1n) is 6.13. The number of hydrogen-bond acceptors (Lipinski definition) is 3. The Morgan fingerprint density at radius 3 is 2.45 bits per heavy atom. The van der Waals surface area contributed by atoms with E-state index in [2.05, 4.69) is 4.98 Å². The van der Waals surface area contributed by atoms with E-state index in [1.165, 1.54) is 6.07 Å². The largest absolute Gasteiger partial charge is 0.422 e. The minimum atomic E-state index is -0.579. The Bertz CT molecular complexity index is 822. The summed E-state index contributed by atoms with van der Waals surface area (Å²) in [6, 6.07) is 17.4. The summed E-state index contributed by atoms with van der Waals surface area (Å²) in [5, 5.41) is 1.37. The lowest BCUT2D eigenvalue weighted by Gasteiger charge is -2.06. The molecule has 98 valence electrons. The highest BCUT2D eigenvalue weighted by molar-refractivity contribution is 6.03. The van der Waals surface area contributed by atoms with Crippen LogP contribution < -0.4 is 10.3 Å². The summed E-state index contributed by atoms with van der Waals surface area (Å²) >= 11 is 0. The monoisotopic (exact) mass is 265 g/mol. The van der Waals surface area contributed by atoms with Crippen LogP contribution in [0.1, 0.15) is 10.5 Å². The number of benzene rings is 2. The number of H-pyrrole nitrogens is 1. The predicted octanol–water partition coefficient (Wildman–Crippen LogP) is 2.75. The van der Waals surface area contributed by atoms with Gasteiger partial charge in [0.15, 0.2) is 0 Å². The Hall–Kier alpha value is -2.88. The Kier molecular flexibility index (Phi) is 3.05. The summed E-state index contributed by atoms with van der Waals surface area (Å²) in [4.78, 5) is 26.3. The van der Waals surface area contributed by atoms with Gasteiger partial charge in [0.25, 0.3) is 0 Å². The van der Waals surface area contributed by atoms with Crippen LogP contribution in [0.15, 0.2) is 65.5 Å². The van der Waals surface area contributed by atoms with Gasteiger partial charge in [-0.05, 0) is 17.5 Å². The summed E-state index contributed by atoms with van der Waals surface area (Å²) in [5.74, 6) is -0.142. The number of aromatic amines is 1. The van der Waals surface area contributed by atoms with Crippen molar-refractivity contribution in [2.45, 2.75) is 0 Å². The van der Waals surface area contributed by atoms with Crippen LogP contribution in [0, 0.1) is 0 Å². The molecule has 0 aliphatic rings. The lowest BCUT2D eigenvalue weighted by molar-refractivity contribution is 0.0730. The molecule has 0 fully saturated rings. The Balaban J connectivity index is 2.05. The van der Waals surface area contributed by atoms with Crippen LogP contribution in [-0.4, -0.2) is 11.0 Å². The van der Waals surface area contributed by atoms with Crippen LogP contribution in [0.4, 0.5) is 0 Å². The average Bonchev–Trinajstić information content (AvgIpc) is 2.47. The van der Waals surface area contributed by atoms with E-state index in [1.807, 2.05) is 12.1 Å². The van der Waals surface area contributed by atoms with E-state index in [1.54, 1.807) is 42.5 Å². The minimum Gasteiger partial charge on any atom is -0.422 e. The SMILES string of the molecule is O=C(Oc1ccccc1)c1[nH]c(=O)cc2ccccc12. The minimum absolute atomic E-state index is 0.164. The Morgan fingerprint density at radius 1 is 0.950 bits per heavy atom. The summed E-state index contributed by atoms with van der Waals surface area (Å²) in [7, 11) is 0. The number of fused-ring (bicyclic) bond motifs is 1. The summed E-state index contributed by atoms with van der Waals surface area (Å²) in [6.45, 7) is 0. The van der Waals surface area contributed by atoms with E-state index >= 15 is 0 Å². The average molecular weight is 265 g/mol. The van der Waals surface area contributed by atoms with Gasteiger partial charge in [0.2, 0.25) is 5.56 Å². The number of hydrogen-bond donors (Lipinski definition) is 1. The normalized spacial score (nSPS) is 10.4. The zero-order valence-corrected chi connectivity index (χ0v) is 10.5.